The summed E-state index contributed by atoms with van der Waals surface area (Å²) in [5, 5.41) is 9.48. The fourth-order valence-corrected chi connectivity index (χ4v) is 7.40. The van der Waals surface area contributed by atoms with E-state index < -0.39 is 0 Å². The standard InChI is InChI=1S/C31H31N3O/c1-19-10-12-27(25(16-19)20-14-15-33-21(17-20)18-32)34-26-8-4-2-7-24(26)30-28(34)13-11-23-22-6-3-5-9-29(22)35-31(23)30/h2,5,7,9-15,17,19,22,24,26,28-30H,3-4,6,8,16H2,1H3. The predicted octanol–water partition coefficient (Wildman–Crippen LogP) is 6.08. The first-order valence-electron chi connectivity index (χ1n) is 13.2. The van der Waals surface area contributed by atoms with Crippen LogP contribution in [0, 0.1) is 35.0 Å². The van der Waals surface area contributed by atoms with Crippen LogP contribution in [0.1, 0.15) is 50.3 Å². The minimum atomic E-state index is 0.212. The normalized spacial score (nSPS) is 36.5. The van der Waals surface area contributed by atoms with Crippen LogP contribution in [0.5, 0.6) is 0 Å². The van der Waals surface area contributed by atoms with E-state index in [4.69, 9.17) is 4.74 Å². The van der Waals surface area contributed by atoms with Crippen LogP contribution in [-0.2, 0) is 4.74 Å². The third-order valence-electron chi connectivity index (χ3n) is 8.90. The molecule has 35 heavy (non-hydrogen) atoms. The van der Waals surface area contributed by atoms with E-state index in [1.165, 1.54) is 29.0 Å². The second-order valence-electron chi connectivity index (χ2n) is 10.9. The Morgan fingerprint density at radius 2 is 1.97 bits per heavy atom. The molecule has 3 heterocycles. The molecule has 1 saturated heterocycles. The summed E-state index contributed by atoms with van der Waals surface area (Å²) in [6.45, 7) is 2.28. The number of aromatic nitrogens is 1. The van der Waals surface area contributed by atoms with Crippen molar-refractivity contribution in [2.24, 2.45) is 23.7 Å². The Morgan fingerprint density at radius 1 is 1.09 bits per heavy atom. The molecule has 4 aliphatic carbocycles. The van der Waals surface area contributed by atoms with Gasteiger partial charge in [0.05, 0.1) is 6.04 Å². The molecular weight excluding hydrogens is 430 g/mol. The maximum atomic E-state index is 9.48. The summed E-state index contributed by atoms with van der Waals surface area (Å²) in [7, 11) is 0. The number of rotatable bonds is 2. The van der Waals surface area contributed by atoms with Crippen LogP contribution in [0.15, 0.2) is 84.0 Å². The highest BCUT2D eigenvalue weighted by atomic mass is 16.5. The number of allylic oxidation sites excluding steroid dienone is 6. The number of likely N-dealkylation sites (tertiary alicyclic amines) is 1. The zero-order valence-corrected chi connectivity index (χ0v) is 20.2. The first-order valence-corrected chi connectivity index (χ1v) is 13.2. The van der Waals surface area contributed by atoms with Crippen LogP contribution in [0.2, 0.25) is 0 Å². The van der Waals surface area contributed by atoms with Gasteiger partial charge in [-0.2, -0.15) is 5.26 Å². The van der Waals surface area contributed by atoms with Crippen molar-refractivity contribution < 1.29 is 4.74 Å². The first-order chi connectivity index (χ1) is 17.2. The van der Waals surface area contributed by atoms with E-state index in [2.05, 4.69) is 77.6 Å². The average Bonchev–Trinajstić information content (AvgIpc) is 3.44. The van der Waals surface area contributed by atoms with Crippen molar-refractivity contribution in [3.05, 3.63) is 95.2 Å². The smallest absolute Gasteiger partial charge is 0.141 e. The summed E-state index contributed by atoms with van der Waals surface area (Å²) in [6.07, 6.45) is 26.6. The molecule has 4 heteroatoms. The van der Waals surface area contributed by atoms with Gasteiger partial charge in [0, 0.05) is 35.7 Å². The van der Waals surface area contributed by atoms with Crippen molar-refractivity contribution in [1.29, 1.82) is 5.26 Å². The number of fused-ring (bicyclic) bond motifs is 6. The minimum absolute atomic E-state index is 0.212. The number of nitriles is 1. The van der Waals surface area contributed by atoms with Crippen LogP contribution in [0.3, 0.4) is 0 Å². The highest BCUT2D eigenvalue weighted by Crippen LogP contribution is 2.55. The topological polar surface area (TPSA) is 49.1 Å². The van der Waals surface area contributed by atoms with Gasteiger partial charge >= 0.3 is 0 Å². The molecule has 176 valence electrons. The largest absolute Gasteiger partial charge is 0.489 e. The van der Waals surface area contributed by atoms with Crippen molar-refractivity contribution in [3.63, 3.8) is 0 Å². The summed E-state index contributed by atoms with van der Waals surface area (Å²) in [5.74, 6) is 3.07. The fourth-order valence-electron chi connectivity index (χ4n) is 7.40. The Balaban J connectivity index is 1.35. The lowest BCUT2D eigenvalue weighted by Crippen LogP contribution is -2.38. The van der Waals surface area contributed by atoms with Gasteiger partial charge in [-0.05, 0) is 79.0 Å². The molecule has 7 rings (SSSR count). The van der Waals surface area contributed by atoms with Gasteiger partial charge < -0.3 is 9.64 Å². The molecule has 0 saturated carbocycles. The van der Waals surface area contributed by atoms with Crippen LogP contribution in [0.25, 0.3) is 5.57 Å². The van der Waals surface area contributed by atoms with Gasteiger partial charge in [0.15, 0.2) is 0 Å². The molecule has 0 spiro atoms. The molecular formula is C31H31N3O. The Labute approximate surface area is 207 Å². The number of pyridine rings is 1. The van der Waals surface area contributed by atoms with Crippen molar-refractivity contribution in [3.8, 4) is 6.07 Å². The van der Waals surface area contributed by atoms with Gasteiger partial charge in [-0.15, -0.1) is 0 Å². The first kappa shape index (κ1) is 21.0. The number of hydrogen-bond acceptors (Lipinski definition) is 4. The van der Waals surface area contributed by atoms with Gasteiger partial charge in [0.25, 0.3) is 0 Å². The Bertz CT molecular complexity index is 1290. The van der Waals surface area contributed by atoms with Gasteiger partial charge in [0.2, 0.25) is 0 Å². The van der Waals surface area contributed by atoms with Gasteiger partial charge in [-0.25, -0.2) is 4.98 Å². The molecule has 0 amide bonds. The highest BCUT2D eigenvalue weighted by molar-refractivity contribution is 5.73. The molecule has 7 unspecified atom stereocenters. The summed E-state index contributed by atoms with van der Waals surface area (Å²) < 4.78 is 6.73. The summed E-state index contributed by atoms with van der Waals surface area (Å²) >= 11 is 0. The van der Waals surface area contributed by atoms with E-state index in [0.717, 1.165) is 31.2 Å². The Kier molecular flexibility index (Phi) is 4.87. The van der Waals surface area contributed by atoms with E-state index in [1.54, 1.807) is 6.20 Å². The SMILES string of the molecule is CC1C=CC(N2C3C=CC4=C(OC5C=CCCC45)C3C3C=CCCC32)=C(c2ccnc(C#N)c2)C1. The molecule has 6 aliphatic rings. The molecule has 7 atom stereocenters. The van der Waals surface area contributed by atoms with Crippen molar-refractivity contribution >= 4 is 5.57 Å². The Morgan fingerprint density at radius 3 is 2.89 bits per heavy atom. The van der Waals surface area contributed by atoms with Crippen molar-refractivity contribution in [2.75, 3.05) is 0 Å². The zero-order chi connectivity index (χ0) is 23.5. The van der Waals surface area contributed by atoms with Crippen molar-refractivity contribution in [1.82, 2.24) is 9.88 Å². The molecule has 1 aromatic rings. The van der Waals surface area contributed by atoms with Gasteiger partial charge in [-0.3, -0.25) is 0 Å². The third-order valence-corrected chi connectivity index (χ3v) is 8.90. The molecule has 1 aromatic heterocycles. The van der Waals surface area contributed by atoms with Crippen LogP contribution in [0.4, 0.5) is 0 Å². The lowest BCUT2D eigenvalue weighted by atomic mass is 9.76. The quantitative estimate of drug-likeness (QED) is 0.501. The Hall–Kier alpha value is -3.32. The predicted molar refractivity (Wildman–Crippen MR) is 136 cm³/mol. The summed E-state index contributed by atoms with van der Waals surface area (Å²) in [4.78, 5) is 6.95. The average molecular weight is 462 g/mol. The third kappa shape index (κ3) is 3.21. The second-order valence-corrected chi connectivity index (χ2v) is 10.9. The zero-order valence-electron chi connectivity index (χ0n) is 20.2. The van der Waals surface area contributed by atoms with E-state index in [9.17, 15) is 5.26 Å². The van der Waals surface area contributed by atoms with E-state index in [0.29, 0.717) is 35.4 Å². The van der Waals surface area contributed by atoms with Crippen LogP contribution >= 0.6 is 0 Å². The van der Waals surface area contributed by atoms with E-state index >= 15 is 0 Å². The molecule has 0 aromatic carbocycles. The molecule has 2 aliphatic heterocycles. The van der Waals surface area contributed by atoms with E-state index in [-0.39, 0.29) is 12.1 Å². The summed E-state index contributed by atoms with van der Waals surface area (Å²) in [5.41, 5.74) is 5.72. The van der Waals surface area contributed by atoms with Gasteiger partial charge in [0.1, 0.15) is 23.6 Å². The van der Waals surface area contributed by atoms with Crippen LogP contribution in [-0.4, -0.2) is 28.1 Å². The number of hydrogen-bond donors (Lipinski definition) is 0. The number of nitrogens with zero attached hydrogens (tertiary/aromatic N) is 3. The van der Waals surface area contributed by atoms with E-state index in [1.807, 2.05) is 6.07 Å². The minimum Gasteiger partial charge on any atom is -0.489 e. The molecule has 1 fully saturated rings. The molecule has 0 bridgehead atoms. The monoisotopic (exact) mass is 461 g/mol. The molecule has 4 nitrogen and oxygen atoms in total. The molecule has 0 radical (unpaired) electrons. The number of ether oxygens (including phenoxy) is 1. The molecule has 0 N–H and O–H groups in total. The lowest BCUT2D eigenvalue weighted by molar-refractivity contribution is 0.116. The maximum Gasteiger partial charge on any atom is 0.141 e. The maximum absolute atomic E-state index is 9.48. The highest BCUT2D eigenvalue weighted by Gasteiger charge is 2.54. The van der Waals surface area contributed by atoms with Gasteiger partial charge in [-0.1, -0.05) is 43.4 Å². The lowest BCUT2D eigenvalue weighted by Gasteiger charge is -2.38. The second kappa shape index (κ2) is 8.12. The fraction of sp³-hybridized carbons (Fsp3) is 0.419. The van der Waals surface area contributed by atoms with Crippen LogP contribution < -0.4 is 0 Å². The summed E-state index contributed by atoms with van der Waals surface area (Å²) in [6, 6.07) is 7.00. The van der Waals surface area contributed by atoms with Crippen molar-refractivity contribution in [2.45, 2.75) is 57.2 Å².